The van der Waals surface area contributed by atoms with E-state index in [9.17, 15) is 13.2 Å². The lowest BCUT2D eigenvalue weighted by molar-refractivity contribution is -0.119. The number of anilines is 1. The Morgan fingerprint density at radius 3 is 2.39 bits per heavy atom. The summed E-state index contributed by atoms with van der Waals surface area (Å²) in [7, 11) is -3.98. The Balaban J connectivity index is 1.83. The fraction of sp³-hybridized carbons (Fsp3) is 0.136. The molecule has 0 spiro atoms. The maximum atomic E-state index is 13.2. The highest BCUT2D eigenvalue weighted by Gasteiger charge is 2.27. The Morgan fingerprint density at radius 1 is 1.06 bits per heavy atom. The van der Waals surface area contributed by atoms with E-state index in [1.807, 2.05) is 6.92 Å². The van der Waals surface area contributed by atoms with Gasteiger partial charge in [-0.3, -0.25) is 14.1 Å². The molecule has 160 valence electrons. The standard InChI is InChI=1S/C22H22N4O4S/c1-2-30-20-10-8-19(9-11-20)26(31(28,29)21-6-4-3-5-7-21)17-22(27)25-24-16-18-12-14-23-15-13-18/h3-16H,2,17H2,1H3,(H,25,27)/b24-16-. The topological polar surface area (TPSA) is 101 Å². The largest absolute Gasteiger partial charge is 0.494 e. The van der Waals surface area contributed by atoms with Crippen molar-refractivity contribution in [2.24, 2.45) is 5.10 Å². The van der Waals surface area contributed by atoms with Crippen molar-refractivity contribution in [3.05, 3.63) is 84.7 Å². The number of nitrogens with one attached hydrogen (secondary N) is 1. The van der Waals surface area contributed by atoms with E-state index >= 15 is 0 Å². The summed E-state index contributed by atoms with van der Waals surface area (Å²) < 4.78 is 32.9. The first-order valence-corrected chi connectivity index (χ1v) is 11.0. The molecule has 1 aromatic heterocycles. The zero-order valence-electron chi connectivity index (χ0n) is 16.9. The summed E-state index contributed by atoms with van der Waals surface area (Å²) in [6.07, 6.45) is 4.65. The van der Waals surface area contributed by atoms with Crippen LogP contribution in [-0.2, 0) is 14.8 Å². The fourth-order valence-electron chi connectivity index (χ4n) is 2.70. The van der Waals surface area contributed by atoms with E-state index in [2.05, 4.69) is 15.5 Å². The molecule has 0 radical (unpaired) electrons. The molecule has 0 aliphatic rings. The number of aromatic nitrogens is 1. The van der Waals surface area contributed by atoms with Crippen molar-refractivity contribution >= 4 is 27.8 Å². The third kappa shape index (κ3) is 5.89. The molecule has 9 heteroatoms. The van der Waals surface area contributed by atoms with Crippen LogP contribution >= 0.6 is 0 Å². The highest BCUT2D eigenvalue weighted by atomic mass is 32.2. The van der Waals surface area contributed by atoms with Crippen LogP contribution in [0, 0.1) is 0 Å². The van der Waals surface area contributed by atoms with Crippen LogP contribution in [0.15, 0.2) is 89.1 Å². The zero-order chi connectivity index (χ0) is 22.1. The summed E-state index contributed by atoms with van der Waals surface area (Å²) in [4.78, 5) is 16.5. The molecule has 0 unspecified atom stereocenters. The molecular formula is C22H22N4O4S. The number of pyridine rings is 1. The lowest BCUT2D eigenvalue weighted by Gasteiger charge is -2.24. The molecule has 0 aliphatic carbocycles. The Kier molecular flexibility index (Phi) is 7.34. The summed E-state index contributed by atoms with van der Waals surface area (Å²) in [6.45, 7) is 1.90. The first-order chi connectivity index (χ1) is 15.0. The van der Waals surface area contributed by atoms with Gasteiger partial charge in [-0.1, -0.05) is 18.2 Å². The normalized spacial score (nSPS) is 11.3. The number of rotatable bonds is 9. The predicted octanol–water partition coefficient (Wildman–Crippen LogP) is 2.83. The number of ether oxygens (including phenoxy) is 1. The van der Waals surface area contributed by atoms with Crippen molar-refractivity contribution in [3.63, 3.8) is 0 Å². The van der Waals surface area contributed by atoms with Gasteiger partial charge >= 0.3 is 0 Å². The summed E-state index contributed by atoms with van der Waals surface area (Å²) in [6, 6.07) is 17.9. The first-order valence-electron chi connectivity index (χ1n) is 9.53. The molecule has 1 heterocycles. The number of hydrogen-bond donors (Lipinski definition) is 1. The predicted molar refractivity (Wildman–Crippen MR) is 119 cm³/mol. The lowest BCUT2D eigenvalue weighted by atomic mass is 10.3. The quantitative estimate of drug-likeness (QED) is 0.409. The molecule has 1 N–H and O–H groups in total. The van der Waals surface area contributed by atoms with Crippen LogP contribution in [0.4, 0.5) is 5.69 Å². The number of sulfonamides is 1. The average molecular weight is 439 g/mol. The van der Waals surface area contributed by atoms with Crippen LogP contribution in [0.1, 0.15) is 12.5 Å². The summed E-state index contributed by atoms with van der Waals surface area (Å²) in [5, 5.41) is 3.89. The van der Waals surface area contributed by atoms with E-state index < -0.39 is 22.5 Å². The van der Waals surface area contributed by atoms with Crippen molar-refractivity contribution in [2.75, 3.05) is 17.5 Å². The molecule has 0 saturated heterocycles. The number of carbonyl (C=O) groups excluding carboxylic acids is 1. The third-order valence-electron chi connectivity index (χ3n) is 4.16. The maximum absolute atomic E-state index is 13.2. The molecule has 3 aromatic rings. The van der Waals surface area contributed by atoms with Gasteiger partial charge in [0.25, 0.3) is 15.9 Å². The first kappa shape index (κ1) is 22.0. The van der Waals surface area contributed by atoms with Crippen molar-refractivity contribution in [2.45, 2.75) is 11.8 Å². The van der Waals surface area contributed by atoms with E-state index in [0.717, 1.165) is 9.87 Å². The van der Waals surface area contributed by atoms with Gasteiger partial charge in [-0.2, -0.15) is 5.10 Å². The highest BCUT2D eigenvalue weighted by Crippen LogP contribution is 2.25. The summed E-state index contributed by atoms with van der Waals surface area (Å²) in [5.41, 5.74) is 3.45. The summed E-state index contributed by atoms with van der Waals surface area (Å²) >= 11 is 0. The fourth-order valence-corrected chi connectivity index (χ4v) is 4.15. The van der Waals surface area contributed by atoms with Gasteiger partial charge in [0.05, 0.1) is 23.4 Å². The molecule has 31 heavy (non-hydrogen) atoms. The number of nitrogens with zero attached hydrogens (tertiary/aromatic N) is 3. The van der Waals surface area contributed by atoms with Gasteiger partial charge in [0, 0.05) is 12.4 Å². The molecule has 0 fully saturated rings. The third-order valence-corrected chi connectivity index (χ3v) is 5.95. The van der Waals surface area contributed by atoms with Gasteiger partial charge in [0.15, 0.2) is 0 Å². The number of benzene rings is 2. The second kappa shape index (κ2) is 10.4. The van der Waals surface area contributed by atoms with E-state index in [1.165, 1.54) is 18.3 Å². The lowest BCUT2D eigenvalue weighted by Crippen LogP contribution is -2.39. The Morgan fingerprint density at radius 2 is 1.74 bits per heavy atom. The minimum absolute atomic E-state index is 0.0805. The molecule has 2 aromatic carbocycles. The minimum atomic E-state index is -3.98. The SMILES string of the molecule is CCOc1ccc(N(CC(=O)N/N=C\c2ccncc2)S(=O)(=O)c2ccccc2)cc1. The van der Waals surface area contributed by atoms with Crippen LogP contribution in [0.3, 0.4) is 0 Å². The van der Waals surface area contributed by atoms with Crippen LogP contribution in [0.2, 0.25) is 0 Å². The van der Waals surface area contributed by atoms with Gasteiger partial charge in [0.2, 0.25) is 0 Å². The number of hydrazone groups is 1. The van der Waals surface area contributed by atoms with Crippen molar-refractivity contribution in [1.82, 2.24) is 10.4 Å². The number of carbonyl (C=O) groups is 1. The van der Waals surface area contributed by atoms with Crippen LogP contribution in [-0.4, -0.2) is 38.7 Å². The smallest absolute Gasteiger partial charge is 0.264 e. The van der Waals surface area contributed by atoms with Crippen molar-refractivity contribution in [3.8, 4) is 5.75 Å². The van der Waals surface area contributed by atoms with E-state index in [0.29, 0.717) is 18.0 Å². The van der Waals surface area contributed by atoms with Crippen LogP contribution in [0.25, 0.3) is 0 Å². The molecule has 0 aliphatic heterocycles. The molecule has 3 rings (SSSR count). The molecule has 8 nitrogen and oxygen atoms in total. The Bertz CT molecular complexity index is 1120. The van der Waals surface area contributed by atoms with Crippen molar-refractivity contribution < 1.29 is 17.9 Å². The highest BCUT2D eigenvalue weighted by molar-refractivity contribution is 7.92. The van der Waals surface area contributed by atoms with Gasteiger partial charge < -0.3 is 4.74 Å². The zero-order valence-corrected chi connectivity index (χ0v) is 17.7. The number of amides is 1. The van der Waals surface area contributed by atoms with Gasteiger partial charge in [0.1, 0.15) is 12.3 Å². The second-order valence-corrected chi connectivity index (χ2v) is 8.19. The van der Waals surface area contributed by atoms with Crippen LogP contribution in [0.5, 0.6) is 5.75 Å². The van der Waals surface area contributed by atoms with Gasteiger partial charge in [-0.25, -0.2) is 13.8 Å². The molecule has 0 saturated carbocycles. The van der Waals surface area contributed by atoms with Gasteiger partial charge in [-0.05, 0) is 61.0 Å². The Hall–Kier alpha value is -3.72. The second-order valence-electron chi connectivity index (χ2n) is 6.33. The van der Waals surface area contributed by atoms with E-state index in [4.69, 9.17) is 4.74 Å². The van der Waals surface area contributed by atoms with Crippen LogP contribution < -0.4 is 14.5 Å². The monoisotopic (exact) mass is 438 g/mol. The summed E-state index contributed by atoms with van der Waals surface area (Å²) in [5.74, 6) is 0.0217. The Labute approximate surface area is 181 Å². The van der Waals surface area contributed by atoms with E-state index in [1.54, 1.807) is 67.0 Å². The number of hydrogen-bond acceptors (Lipinski definition) is 6. The average Bonchev–Trinajstić information content (AvgIpc) is 2.79. The van der Waals surface area contributed by atoms with E-state index in [-0.39, 0.29) is 4.90 Å². The molecule has 0 atom stereocenters. The molecule has 1 amide bonds. The molecular weight excluding hydrogens is 416 g/mol. The molecule has 0 bridgehead atoms. The van der Waals surface area contributed by atoms with Gasteiger partial charge in [-0.15, -0.1) is 0 Å². The minimum Gasteiger partial charge on any atom is -0.494 e. The maximum Gasteiger partial charge on any atom is 0.264 e. The van der Waals surface area contributed by atoms with Crippen molar-refractivity contribution in [1.29, 1.82) is 0 Å².